The third-order valence-electron chi connectivity index (χ3n) is 1.73. The van der Waals surface area contributed by atoms with Crippen LogP contribution in [0.25, 0.3) is 0 Å². The van der Waals surface area contributed by atoms with Gasteiger partial charge in [-0.25, -0.2) is 0 Å². The highest BCUT2D eigenvalue weighted by Crippen LogP contribution is 2.39. The summed E-state index contributed by atoms with van der Waals surface area (Å²) in [5.74, 6) is -0.145. The molecule has 1 aromatic carbocycles. The van der Waals surface area contributed by atoms with Crippen LogP contribution in [0.4, 0.5) is 0 Å². The van der Waals surface area contributed by atoms with Crippen LogP contribution in [0.2, 0.25) is 0 Å². The lowest BCUT2D eigenvalue weighted by atomic mass is 10.1. The highest BCUT2D eigenvalue weighted by atomic mass is 16.6. The van der Waals surface area contributed by atoms with Crippen molar-refractivity contribution < 1.29 is 14.9 Å². The fourth-order valence-electron chi connectivity index (χ4n) is 1.04. The maximum Gasteiger partial charge on any atom is 0.163 e. The van der Waals surface area contributed by atoms with E-state index in [1.165, 1.54) is 6.07 Å². The van der Waals surface area contributed by atoms with Crippen LogP contribution in [0.1, 0.15) is 11.7 Å². The fourth-order valence-corrected chi connectivity index (χ4v) is 1.04. The minimum absolute atomic E-state index is 0.0119. The van der Waals surface area contributed by atoms with Crippen molar-refractivity contribution in [3.05, 3.63) is 23.8 Å². The van der Waals surface area contributed by atoms with Gasteiger partial charge in [0, 0.05) is 5.56 Å². The number of epoxide rings is 1. The highest BCUT2D eigenvalue weighted by molar-refractivity contribution is 5.46. The maximum atomic E-state index is 9.28. The topological polar surface area (TPSA) is 53.0 Å². The van der Waals surface area contributed by atoms with Gasteiger partial charge in [0.05, 0.1) is 6.61 Å². The lowest BCUT2D eigenvalue weighted by molar-refractivity contribution is 0.378. The van der Waals surface area contributed by atoms with Gasteiger partial charge in [-0.05, 0) is 6.07 Å². The molecule has 3 nitrogen and oxygen atoms in total. The molecule has 0 amide bonds. The van der Waals surface area contributed by atoms with Gasteiger partial charge in [0.1, 0.15) is 6.10 Å². The van der Waals surface area contributed by atoms with Gasteiger partial charge in [-0.2, -0.15) is 0 Å². The number of aromatic hydroxyl groups is 2. The fraction of sp³-hybridized carbons (Fsp3) is 0.250. The molecule has 1 aliphatic heterocycles. The van der Waals surface area contributed by atoms with E-state index in [1.807, 2.05) is 0 Å². The van der Waals surface area contributed by atoms with E-state index in [4.69, 9.17) is 9.84 Å². The van der Waals surface area contributed by atoms with Gasteiger partial charge in [0.15, 0.2) is 11.5 Å². The first-order valence-corrected chi connectivity index (χ1v) is 3.41. The van der Waals surface area contributed by atoms with E-state index in [0.717, 1.165) is 0 Å². The minimum Gasteiger partial charge on any atom is -0.504 e. The quantitative estimate of drug-likeness (QED) is 0.469. The third-order valence-corrected chi connectivity index (χ3v) is 1.73. The molecule has 11 heavy (non-hydrogen) atoms. The Morgan fingerprint density at radius 3 is 2.73 bits per heavy atom. The Hall–Kier alpha value is -1.22. The van der Waals surface area contributed by atoms with Gasteiger partial charge >= 0.3 is 0 Å². The predicted molar refractivity (Wildman–Crippen MR) is 38.5 cm³/mol. The summed E-state index contributed by atoms with van der Waals surface area (Å²) in [6.07, 6.45) is -0.0119. The van der Waals surface area contributed by atoms with Crippen molar-refractivity contribution in [2.45, 2.75) is 6.10 Å². The molecule has 1 saturated heterocycles. The molecule has 0 spiro atoms. The number of ether oxygens (including phenoxy) is 1. The summed E-state index contributed by atoms with van der Waals surface area (Å²) in [5.41, 5.74) is 0.671. The number of benzene rings is 1. The summed E-state index contributed by atoms with van der Waals surface area (Å²) in [6, 6.07) is 4.88. The smallest absolute Gasteiger partial charge is 0.163 e. The molecule has 0 radical (unpaired) electrons. The summed E-state index contributed by atoms with van der Waals surface area (Å²) in [5, 5.41) is 18.3. The van der Waals surface area contributed by atoms with Crippen LogP contribution < -0.4 is 0 Å². The Balaban J connectivity index is 2.45. The van der Waals surface area contributed by atoms with Crippen LogP contribution in [0.15, 0.2) is 18.2 Å². The minimum atomic E-state index is -0.0852. The molecule has 1 fully saturated rings. The van der Waals surface area contributed by atoms with Gasteiger partial charge in [0.2, 0.25) is 0 Å². The number of rotatable bonds is 1. The normalized spacial score (nSPS) is 21.6. The number of para-hydroxylation sites is 1. The van der Waals surface area contributed by atoms with E-state index in [0.29, 0.717) is 12.2 Å². The number of phenols is 2. The van der Waals surface area contributed by atoms with Crippen molar-refractivity contribution in [1.29, 1.82) is 0 Å². The first kappa shape index (κ1) is 6.49. The van der Waals surface area contributed by atoms with Crippen molar-refractivity contribution in [2.24, 2.45) is 0 Å². The lowest BCUT2D eigenvalue weighted by Gasteiger charge is -2.01. The monoisotopic (exact) mass is 152 g/mol. The van der Waals surface area contributed by atoms with Crippen molar-refractivity contribution >= 4 is 0 Å². The molecule has 3 heteroatoms. The molecule has 0 saturated carbocycles. The Bertz CT molecular complexity index is 279. The zero-order valence-corrected chi connectivity index (χ0v) is 5.82. The van der Waals surface area contributed by atoms with E-state index in [1.54, 1.807) is 12.1 Å². The summed E-state index contributed by atoms with van der Waals surface area (Å²) < 4.78 is 4.96. The van der Waals surface area contributed by atoms with Crippen LogP contribution in [0, 0.1) is 0 Å². The molecule has 2 N–H and O–H groups in total. The van der Waals surface area contributed by atoms with Crippen molar-refractivity contribution in [1.82, 2.24) is 0 Å². The van der Waals surface area contributed by atoms with Crippen LogP contribution in [0.5, 0.6) is 11.5 Å². The zero-order chi connectivity index (χ0) is 7.84. The molecule has 1 aromatic rings. The van der Waals surface area contributed by atoms with E-state index in [2.05, 4.69) is 0 Å². The standard InChI is InChI=1S/C8H8O3/c9-6-3-1-2-5(8(6)10)7-4-11-7/h1-3,7,9-10H,4H2. The summed E-state index contributed by atoms with van der Waals surface area (Å²) in [7, 11) is 0. The van der Waals surface area contributed by atoms with Crippen LogP contribution >= 0.6 is 0 Å². The molecule has 58 valence electrons. The maximum absolute atomic E-state index is 9.28. The third kappa shape index (κ3) is 1.03. The van der Waals surface area contributed by atoms with Gasteiger partial charge in [-0.15, -0.1) is 0 Å². The molecule has 1 heterocycles. The Kier molecular flexibility index (Phi) is 1.26. The van der Waals surface area contributed by atoms with Crippen LogP contribution in [0.3, 0.4) is 0 Å². The first-order valence-electron chi connectivity index (χ1n) is 3.41. The van der Waals surface area contributed by atoms with E-state index < -0.39 is 0 Å². The molecule has 0 aromatic heterocycles. The van der Waals surface area contributed by atoms with Gasteiger partial charge in [-0.3, -0.25) is 0 Å². The Morgan fingerprint density at radius 2 is 2.09 bits per heavy atom. The molecule has 0 aliphatic carbocycles. The Labute approximate surface area is 63.9 Å². The number of hydrogen-bond donors (Lipinski definition) is 2. The van der Waals surface area contributed by atoms with Crippen molar-refractivity contribution in [2.75, 3.05) is 6.61 Å². The summed E-state index contributed by atoms with van der Waals surface area (Å²) in [4.78, 5) is 0. The molecule has 0 bridgehead atoms. The average molecular weight is 152 g/mol. The van der Waals surface area contributed by atoms with Crippen molar-refractivity contribution in [3.8, 4) is 11.5 Å². The van der Waals surface area contributed by atoms with Crippen LogP contribution in [-0.2, 0) is 4.74 Å². The second-order valence-electron chi connectivity index (χ2n) is 2.54. The lowest BCUT2D eigenvalue weighted by Crippen LogP contribution is -1.81. The van der Waals surface area contributed by atoms with Crippen molar-refractivity contribution in [3.63, 3.8) is 0 Å². The highest BCUT2D eigenvalue weighted by Gasteiger charge is 2.28. The van der Waals surface area contributed by atoms with E-state index in [9.17, 15) is 5.11 Å². The largest absolute Gasteiger partial charge is 0.504 e. The van der Waals surface area contributed by atoms with Gasteiger partial charge in [0.25, 0.3) is 0 Å². The average Bonchev–Trinajstić information content (AvgIpc) is 2.77. The van der Waals surface area contributed by atoms with E-state index in [-0.39, 0.29) is 17.6 Å². The van der Waals surface area contributed by atoms with E-state index >= 15 is 0 Å². The molecule has 1 aliphatic rings. The second-order valence-corrected chi connectivity index (χ2v) is 2.54. The summed E-state index contributed by atoms with van der Waals surface area (Å²) in [6.45, 7) is 0.636. The molecule has 2 rings (SSSR count). The van der Waals surface area contributed by atoms with Gasteiger partial charge in [-0.1, -0.05) is 12.1 Å². The van der Waals surface area contributed by atoms with Crippen LogP contribution in [-0.4, -0.2) is 16.8 Å². The molecule has 1 unspecified atom stereocenters. The summed E-state index contributed by atoms with van der Waals surface area (Å²) >= 11 is 0. The molecule has 1 atom stereocenters. The Morgan fingerprint density at radius 1 is 1.36 bits per heavy atom. The zero-order valence-electron chi connectivity index (χ0n) is 5.82. The first-order chi connectivity index (χ1) is 5.29. The number of phenolic OH excluding ortho intramolecular Hbond substituents is 2. The molecular formula is C8H8O3. The van der Waals surface area contributed by atoms with Gasteiger partial charge < -0.3 is 14.9 Å². The number of hydrogen-bond acceptors (Lipinski definition) is 3. The molecular weight excluding hydrogens is 144 g/mol. The second kappa shape index (κ2) is 2.13. The SMILES string of the molecule is Oc1cccc(C2CO2)c1O. The predicted octanol–water partition coefficient (Wildman–Crippen LogP) is 1.17.